The fourth-order valence-corrected chi connectivity index (χ4v) is 5.31. The van der Waals surface area contributed by atoms with Gasteiger partial charge < -0.3 is 25.4 Å². The van der Waals surface area contributed by atoms with Crippen molar-refractivity contribution >= 4 is 28.7 Å². The number of nitrogens with one attached hydrogen (secondary N) is 1. The van der Waals surface area contributed by atoms with Gasteiger partial charge in [0.05, 0.1) is 25.4 Å². The number of anilines is 1. The van der Waals surface area contributed by atoms with Crippen LogP contribution in [0.5, 0.6) is 0 Å². The van der Waals surface area contributed by atoms with E-state index in [4.69, 9.17) is 9.84 Å². The van der Waals surface area contributed by atoms with Crippen LogP contribution < -0.4 is 5.32 Å². The van der Waals surface area contributed by atoms with E-state index < -0.39 is 36.0 Å². The number of ether oxygens (including phenoxy) is 1. The van der Waals surface area contributed by atoms with E-state index in [1.807, 2.05) is 0 Å². The first kappa shape index (κ1) is 25.2. The van der Waals surface area contributed by atoms with Gasteiger partial charge in [0.1, 0.15) is 12.2 Å². The van der Waals surface area contributed by atoms with E-state index in [9.17, 15) is 19.0 Å². The van der Waals surface area contributed by atoms with E-state index in [1.54, 1.807) is 6.07 Å². The first-order valence-corrected chi connectivity index (χ1v) is 13.0. The first-order chi connectivity index (χ1) is 17.4. The lowest BCUT2D eigenvalue weighted by Crippen LogP contribution is -2.33. The molecule has 0 spiro atoms. The Balaban J connectivity index is 1.43. The molecular formula is C23H28F2N6O4S. The van der Waals surface area contributed by atoms with Crippen molar-refractivity contribution in [2.45, 2.75) is 67.7 Å². The van der Waals surface area contributed by atoms with Crippen LogP contribution in [0, 0.1) is 11.6 Å². The number of thioether (sulfide) groups is 1. The second-order valence-electron chi connectivity index (χ2n) is 9.09. The Kier molecular flexibility index (Phi) is 7.35. The zero-order chi connectivity index (χ0) is 25.4. The summed E-state index contributed by atoms with van der Waals surface area (Å²) in [5.41, 5.74) is 1.53. The SMILES string of the molecule is CCCSc1nc(NC2CC2c2ccc(F)c(F)c2)c2nnn(C3C[C@H](OCCO)C(O)[C@@H]3O)c2n1. The summed E-state index contributed by atoms with van der Waals surface area (Å²) in [7, 11) is 0. The second kappa shape index (κ2) is 10.5. The van der Waals surface area contributed by atoms with Gasteiger partial charge in [0, 0.05) is 24.1 Å². The molecule has 2 aliphatic rings. The number of aliphatic hydroxyl groups is 3. The summed E-state index contributed by atoms with van der Waals surface area (Å²) in [4.78, 5) is 9.27. The zero-order valence-corrected chi connectivity index (χ0v) is 20.4. The van der Waals surface area contributed by atoms with E-state index in [2.05, 4.69) is 32.5 Å². The molecule has 13 heteroatoms. The van der Waals surface area contributed by atoms with Crippen molar-refractivity contribution in [3.8, 4) is 0 Å². The molecule has 194 valence electrons. The Labute approximate surface area is 210 Å². The zero-order valence-electron chi connectivity index (χ0n) is 19.6. The number of hydrogen-bond donors (Lipinski definition) is 4. The molecule has 2 fully saturated rings. The normalized spacial score (nSPS) is 27.6. The van der Waals surface area contributed by atoms with E-state index in [-0.39, 0.29) is 31.6 Å². The highest BCUT2D eigenvalue weighted by molar-refractivity contribution is 7.99. The standard InChI is InChI=1S/C23H28F2N6O4S/c1-2-7-36-23-27-21(26-15-9-12(15)11-3-4-13(24)14(25)8-11)18-22(28-23)31(30-29-18)16-10-17(35-6-5-32)20(34)19(16)33/h3-4,8,12,15-17,19-20,32-34H,2,5-7,9-10H2,1H3,(H,26,27,28)/t12?,15?,16?,17-,19+,20?/m0/s1. The second-order valence-corrected chi connectivity index (χ2v) is 10.2. The van der Waals surface area contributed by atoms with E-state index in [0.29, 0.717) is 27.7 Å². The number of hydrogen-bond acceptors (Lipinski definition) is 10. The number of rotatable bonds is 10. The van der Waals surface area contributed by atoms with Gasteiger partial charge in [-0.2, -0.15) is 0 Å². The van der Waals surface area contributed by atoms with E-state index in [0.717, 1.165) is 24.7 Å². The van der Waals surface area contributed by atoms with Crippen molar-refractivity contribution in [2.75, 3.05) is 24.3 Å². The fraction of sp³-hybridized carbons (Fsp3) is 0.565. The third kappa shape index (κ3) is 4.90. The maximum atomic E-state index is 13.7. The van der Waals surface area contributed by atoms with Crippen LogP contribution in [0.15, 0.2) is 23.4 Å². The molecule has 36 heavy (non-hydrogen) atoms. The molecule has 2 aromatic heterocycles. The number of halogens is 2. The highest BCUT2D eigenvalue weighted by Crippen LogP contribution is 2.44. The van der Waals surface area contributed by atoms with Crippen molar-refractivity contribution in [2.24, 2.45) is 0 Å². The summed E-state index contributed by atoms with van der Waals surface area (Å²) in [6, 6.07) is 3.26. The minimum atomic E-state index is -1.15. The summed E-state index contributed by atoms with van der Waals surface area (Å²) in [6.45, 7) is 1.91. The Morgan fingerprint density at radius 2 is 2.00 bits per heavy atom. The minimum absolute atomic E-state index is 0.00291. The Hall–Kier alpha value is -2.45. The molecule has 0 bridgehead atoms. The monoisotopic (exact) mass is 522 g/mol. The number of aromatic nitrogens is 5. The number of nitrogens with zero attached hydrogens (tertiary/aromatic N) is 5. The largest absolute Gasteiger partial charge is 0.394 e. The van der Waals surface area contributed by atoms with Gasteiger partial charge in [-0.05, 0) is 30.5 Å². The average molecular weight is 523 g/mol. The molecule has 6 atom stereocenters. The third-order valence-electron chi connectivity index (χ3n) is 6.56. The van der Waals surface area contributed by atoms with Crippen LogP contribution in [0.2, 0.25) is 0 Å². The quantitative estimate of drug-likeness (QED) is 0.231. The van der Waals surface area contributed by atoms with Crippen LogP contribution in [0.1, 0.15) is 43.7 Å². The highest BCUT2D eigenvalue weighted by atomic mass is 32.2. The molecule has 0 amide bonds. The lowest BCUT2D eigenvalue weighted by Gasteiger charge is -2.17. The molecule has 0 saturated heterocycles. The molecule has 2 heterocycles. The maximum absolute atomic E-state index is 13.7. The molecule has 0 aliphatic heterocycles. The van der Waals surface area contributed by atoms with Crippen molar-refractivity contribution in [1.82, 2.24) is 25.0 Å². The predicted octanol–water partition coefficient (Wildman–Crippen LogP) is 2.01. The van der Waals surface area contributed by atoms with Gasteiger partial charge in [-0.25, -0.2) is 23.4 Å². The van der Waals surface area contributed by atoms with Crippen LogP contribution in [0.4, 0.5) is 14.6 Å². The molecular weight excluding hydrogens is 494 g/mol. The average Bonchev–Trinajstić information content (AvgIpc) is 3.41. The van der Waals surface area contributed by atoms with Gasteiger partial charge in [-0.15, -0.1) is 5.10 Å². The summed E-state index contributed by atoms with van der Waals surface area (Å²) in [5.74, 6) is -0.472. The van der Waals surface area contributed by atoms with Crippen molar-refractivity contribution in [1.29, 1.82) is 0 Å². The van der Waals surface area contributed by atoms with Gasteiger partial charge in [-0.1, -0.05) is 30.0 Å². The molecule has 0 radical (unpaired) electrons. The van der Waals surface area contributed by atoms with E-state index >= 15 is 0 Å². The molecule has 2 saturated carbocycles. The molecule has 4 unspecified atom stereocenters. The van der Waals surface area contributed by atoms with Crippen molar-refractivity contribution in [3.05, 3.63) is 35.4 Å². The van der Waals surface area contributed by atoms with Crippen molar-refractivity contribution in [3.63, 3.8) is 0 Å². The molecule has 5 rings (SSSR count). The van der Waals surface area contributed by atoms with Crippen LogP contribution in [0.3, 0.4) is 0 Å². The van der Waals surface area contributed by atoms with E-state index in [1.165, 1.54) is 22.5 Å². The predicted molar refractivity (Wildman–Crippen MR) is 128 cm³/mol. The van der Waals surface area contributed by atoms with Gasteiger partial charge in [0.15, 0.2) is 33.8 Å². The lowest BCUT2D eigenvalue weighted by atomic mass is 10.1. The Bertz CT molecular complexity index is 1230. The van der Waals surface area contributed by atoms with Crippen LogP contribution in [-0.4, -0.2) is 83.6 Å². The smallest absolute Gasteiger partial charge is 0.191 e. The molecule has 10 nitrogen and oxygen atoms in total. The minimum Gasteiger partial charge on any atom is -0.394 e. The fourth-order valence-electron chi connectivity index (χ4n) is 4.61. The summed E-state index contributed by atoms with van der Waals surface area (Å²) in [5, 5.41) is 42.5. The number of fused-ring (bicyclic) bond motifs is 1. The number of benzene rings is 1. The summed E-state index contributed by atoms with van der Waals surface area (Å²) in [6.07, 6.45) is -1.04. The molecule has 1 aromatic carbocycles. The summed E-state index contributed by atoms with van der Waals surface area (Å²) >= 11 is 1.48. The topological polar surface area (TPSA) is 138 Å². The Morgan fingerprint density at radius 3 is 2.75 bits per heavy atom. The first-order valence-electron chi connectivity index (χ1n) is 12.0. The highest BCUT2D eigenvalue weighted by Gasteiger charge is 2.45. The van der Waals surface area contributed by atoms with Gasteiger partial charge in [-0.3, -0.25) is 0 Å². The van der Waals surface area contributed by atoms with Crippen molar-refractivity contribution < 1.29 is 28.8 Å². The molecule has 4 N–H and O–H groups in total. The number of aliphatic hydroxyl groups excluding tert-OH is 3. The van der Waals surface area contributed by atoms with Gasteiger partial charge >= 0.3 is 0 Å². The molecule has 3 aromatic rings. The van der Waals surface area contributed by atoms with Crippen LogP contribution >= 0.6 is 11.8 Å². The van der Waals surface area contributed by atoms with Gasteiger partial charge in [0.2, 0.25) is 0 Å². The third-order valence-corrected chi connectivity index (χ3v) is 7.61. The van der Waals surface area contributed by atoms with Crippen LogP contribution in [0.25, 0.3) is 11.2 Å². The van der Waals surface area contributed by atoms with Gasteiger partial charge in [0.25, 0.3) is 0 Å². The van der Waals surface area contributed by atoms with Crippen LogP contribution in [-0.2, 0) is 4.74 Å². The molecule has 2 aliphatic carbocycles. The summed E-state index contributed by atoms with van der Waals surface area (Å²) < 4.78 is 34.0. The Morgan fingerprint density at radius 1 is 1.17 bits per heavy atom. The maximum Gasteiger partial charge on any atom is 0.191 e. The lowest BCUT2D eigenvalue weighted by molar-refractivity contribution is -0.0629.